The number of esters is 1. The summed E-state index contributed by atoms with van der Waals surface area (Å²) in [5.41, 5.74) is 0.901. The fourth-order valence-corrected chi connectivity index (χ4v) is 7.41. The van der Waals surface area contributed by atoms with Crippen LogP contribution in [0.3, 0.4) is 0 Å². The van der Waals surface area contributed by atoms with Gasteiger partial charge in [-0.1, -0.05) is 12.1 Å². The molecular weight excluding hydrogens is 833 g/mol. The van der Waals surface area contributed by atoms with Gasteiger partial charge in [-0.2, -0.15) is 0 Å². The summed E-state index contributed by atoms with van der Waals surface area (Å²) in [6, 6.07) is 12.8. The van der Waals surface area contributed by atoms with Gasteiger partial charge >= 0.3 is 18.2 Å². The normalized spacial score (nSPS) is 18.7. The number of ether oxygens (including phenoxy) is 4. The van der Waals surface area contributed by atoms with E-state index in [9.17, 15) is 44.2 Å². The van der Waals surface area contributed by atoms with E-state index in [1.807, 2.05) is 22.6 Å². The maximum Gasteiger partial charge on any atom is 0.514 e. The fraction of sp³-hybridized carbons (Fsp3) is 0.303. The van der Waals surface area contributed by atoms with E-state index >= 15 is 0 Å². The summed E-state index contributed by atoms with van der Waals surface area (Å²) in [6.45, 7) is 3.04. The van der Waals surface area contributed by atoms with Gasteiger partial charge in [0.05, 0.1) is 9.85 Å². The van der Waals surface area contributed by atoms with Crippen molar-refractivity contribution in [3.8, 4) is 5.75 Å². The van der Waals surface area contributed by atoms with Crippen molar-refractivity contribution in [3.05, 3.63) is 110 Å². The van der Waals surface area contributed by atoms with Gasteiger partial charge in [0.15, 0.2) is 0 Å². The second-order valence-electron chi connectivity index (χ2n) is 12.0. The highest BCUT2D eigenvalue weighted by Gasteiger charge is 2.64. The van der Waals surface area contributed by atoms with Crippen LogP contribution >= 0.6 is 34.4 Å². The molecule has 4 atom stereocenters. The molecule has 0 radical (unpaired) electrons. The highest BCUT2D eigenvalue weighted by Crippen LogP contribution is 2.51. The first-order valence-corrected chi connectivity index (χ1v) is 18.0. The Kier molecular flexibility index (Phi) is 12.0. The molecule has 2 fully saturated rings. The Hall–Kier alpha value is -5.51. The molecule has 20 heteroatoms. The fourth-order valence-electron chi connectivity index (χ4n) is 5.53. The third kappa shape index (κ3) is 9.11. The van der Waals surface area contributed by atoms with Crippen LogP contribution in [0.4, 0.5) is 21.0 Å². The van der Waals surface area contributed by atoms with Crippen molar-refractivity contribution in [2.24, 2.45) is 0 Å². The number of alkyl carbamates (subject to hydrolysis) is 1. The van der Waals surface area contributed by atoms with Gasteiger partial charge in [-0.25, -0.2) is 14.4 Å². The summed E-state index contributed by atoms with van der Waals surface area (Å²) in [7, 11) is 0. The second-order valence-corrected chi connectivity index (χ2v) is 14.4. The smallest absolute Gasteiger partial charge is 0.459 e. The Bertz CT molecular complexity index is 1910. The molecule has 0 spiro atoms. The monoisotopic (exact) mass is 863 g/mol. The molecule has 2 N–H and O–H groups in total. The van der Waals surface area contributed by atoms with Crippen LogP contribution in [0, 0.1) is 20.2 Å². The highest BCUT2D eigenvalue weighted by molar-refractivity contribution is 14.1. The number of non-ortho nitro benzene ring substituents is 2. The summed E-state index contributed by atoms with van der Waals surface area (Å²) >= 11 is 3.09. The zero-order chi connectivity index (χ0) is 38.4. The van der Waals surface area contributed by atoms with Crippen LogP contribution in [0.5, 0.6) is 5.75 Å². The molecule has 3 aromatic rings. The molecule has 3 aromatic carbocycles. The number of halogens is 1. The number of β-lactam (4-membered cyclic amide) rings is 1. The summed E-state index contributed by atoms with van der Waals surface area (Å²) < 4.78 is 19.8. The van der Waals surface area contributed by atoms with Crippen molar-refractivity contribution in [3.63, 3.8) is 0 Å². The van der Waals surface area contributed by atoms with Crippen molar-refractivity contribution in [1.82, 2.24) is 15.5 Å². The molecule has 0 saturated carbocycles. The molecule has 0 aliphatic carbocycles. The molecule has 18 nitrogen and oxygen atoms in total. The van der Waals surface area contributed by atoms with Crippen molar-refractivity contribution in [2.45, 2.75) is 55.3 Å². The van der Waals surface area contributed by atoms with Crippen LogP contribution in [0.15, 0.2) is 72.8 Å². The average molecular weight is 864 g/mol. The SMILES string of the molecule is CC1(C)S[C@@H]2C(NC(=O)C(NC(=O)OCc3ccc([N+](=O)[O-])cc3)c3ccc(OC(=O)OCI)cc3)C(=O)N2[C@H]1C(=O)OCc1ccc([N+](=O)[O-])cc1. The molecule has 2 aliphatic rings. The largest absolute Gasteiger partial charge is 0.514 e. The maximum absolute atomic E-state index is 13.8. The Balaban J connectivity index is 1.26. The summed E-state index contributed by atoms with van der Waals surface area (Å²) in [5, 5.41) is 26.4. The van der Waals surface area contributed by atoms with Gasteiger partial charge in [0.25, 0.3) is 11.4 Å². The predicted molar refractivity (Wildman–Crippen MR) is 193 cm³/mol. The molecule has 278 valence electrons. The van der Waals surface area contributed by atoms with Gasteiger partial charge in [-0.15, -0.1) is 11.8 Å². The molecule has 2 unspecified atom stereocenters. The average Bonchev–Trinajstić information content (AvgIpc) is 3.39. The Morgan fingerprint density at radius 1 is 0.868 bits per heavy atom. The zero-order valence-electron chi connectivity index (χ0n) is 27.8. The van der Waals surface area contributed by atoms with Crippen molar-refractivity contribution in [2.75, 3.05) is 4.61 Å². The second kappa shape index (κ2) is 16.4. The lowest BCUT2D eigenvalue weighted by molar-refractivity contribution is -0.385. The lowest BCUT2D eigenvalue weighted by Gasteiger charge is -2.44. The van der Waals surface area contributed by atoms with Gasteiger partial charge in [0.1, 0.15) is 47.1 Å². The number of nitro groups is 2. The number of alkyl halides is 1. The standard InChI is InChI=1S/C33H30IN5O13S/c1-33(2)26(30(42)49-15-18-3-9-21(10-4-18)38(45)46)37-28(41)25(29(37)53-33)35-27(40)24(20-7-13-23(14-8-20)52-32(44)51-17-34)36-31(43)50-16-19-5-11-22(12-6-19)39(47)48/h3-14,24-26,29H,15-17H2,1-2H3,(H,35,40)(H,36,43)/t24?,25?,26-,29+/m0/s1. The van der Waals surface area contributed by atoms with Crippen LogP contribution in [0.1, 0.15) is 36.6 Å². The maximum atomic E-state index is 13.8. The zero-order valence-corrected chi connectivity index (χ0v) is 30.8. The van der Waals surface area contributed by atoms with Gasteiger partial charge in [0, 0.05) is 29.0 Å². The number of hydrogen-bond acceptors (Lipinski definition) is 14. The number of hydrogen-bond donors (Lipinski definition) is 2. The molecule has 5 rings (SSSR count). The summed E-state index contributed by atoms with van der Waals surface area (Å²) in [5.74, 6) is -1.96. The van der Waals surface area contributed by atoms with E-state index < -0.39 is 68.1 Å². The number of nitro benzene ring substituents is 2. The van der Waals surface area contributed by atoms with Crippen molar-refractivity contribution < 1.29 is 52.8 Å². The Morgan fingerprint density at radius 2 is 1.42 bits per heavy atom. The van der Waals surface area contributed by atoms with E-state index in [2.05, 4.69) is 10.6 Å². The number of thioether (sulfide) groups is 1. The van der Waals surface area contributed by atoms with Crippen LogP contribution in [-0.4, -0.2) is 71.6 Å². The molecule has 53 heavy (non-hydrogen) atoms. The quantitative estimate of drug-likeness (QED) is 0.0348. The first-order valence-electron chi connectivity index (χ1n) is 15.6. The van der Waals surface area contributed by atoms with Crippen LogP contribution < -0.4 is 15.4 Å². The predicted octanol–water partition coefficient (Wildman–Crippen LogP) is 4.67. The van der Waals surface area contributed by atoms with Crippen molar-refractivity contribution >= 4 is 75.8 Å². The number of benzene rings is 3. The van der Waals surface area contributed by atoms with Crippen LogP contribution in [0.25, 0.3) is 0 Å². The Labute approximate surface area is 318 Å². The highest BCUT2D eigenvalue weighted by atomic mass is 127. The minimum atomic E-state index is -1.42. The minimum absolute atomic E-state index is 0.0563. The molecule has 0 bridgehead atoms. The molecule has 3 amide bonds. The molecule has 2 saturated heterocycles. The van der Waals surface area contributed by atoms with E-state index in [0.717, 1.165) is 0 Å². The van der Waals surface area contributed by atoms with Gasteiger partial charge in [-0.05, 0) is 89.5 Å². The summed E-state index contributed by atoms with van der Waals surface area (Å²) in [6.07, 6.45) is -1.98. The van der Waals surface area contributed by atoms with Gasteiger partial charge < -0.3 is 34.5 Å². The molecular formula is C33H30IN5O13S. The number of carbonyl (C=O) groups excluding carboxylic acids is 5. The number of carbonyl (C=O) groups is 5. The molecule has 0 aromatic heterocycles. The van der Waals surface area contributed by atoms with Gasteiger partial charge in [0.2, 0.25) is 11.8 Å². The molecule has 2 heterocycles. The lowest BCUT2D eigenvalue weighted by atomic mass is 9.95. The Morgan fingerprint density at radius 3 is 1.94 bits per heavy atom. The van der Waals surface area contributed by atoms with E-state index in [1.54, 1.807) is 13.8 Å². The van der Waals surface area contributed by atoms with Crippen molar-refractivity contribution in [1.29, 1.82) is 0 Å². The van der Waals surface area contributed by atoms with E-state index in [4.69, 9.17) is 18.9 Å². The number of nitrogens with one attached hydrogen (secondary N) is 2. The third-order valence-corrected chi connectivity index (χ3v) is 10.0. The van der Waals surface area contributed by atoms with E-state index in [1.165, 1.54) is 89.5 Å². The van der Waals surface area contributed by atoms with Crippen LogP contribution in [-0.2, 0) is 41.8 Å². The lowest BCUT2D eigenvalue weighted by Crippen LogP contribution is -2.71. The first kappa shape index (κ1) is 38.7. The molecule has 2 aliphatic heterocycles. The number of amides is 3. The van der Waals surface area contributed by atoms with Gasteiger partial charge in [-0.3, -0.25) is 29.8 Å². The number of fused-ring (bicyclic) bond motifs is 1. The topological polar surface area (TPSA) is 236 Å². The van der Waals surface area contributed by atoms with Crippen LogP contribution in [0.2, 0.25) is 0 Å². The van der Waals surface area contributed by atoms with E-state index in [-0.39, 0.29) is 40.5 Å². The number of rotatable bonds is 13. The first-order chi connectivity index (χ1) is 25.2. The third-order valence-electron chi connectivity index (χ3n) is 8.12. The number of nitrogens with zero attached hydrogens (tertiary/aromatic N) is 3. The minimum Gasteiger partial charge on any atom is -0.459 e. The summed E-state index contributed by atoms with van der Waals surface area (Å²) in [4.78, 5) is 87.3. The van der Waals surface area contributed by atoms with E-state index in [0.29, 0.717) is 11.1 Å².